The van der Waals surface area contributed by atoms with Gasteiger partial charge in [0.2, 0.25) is 11.8 Å². The summed E-state index contributed by atoms with van der Waals surface area (Å²) in [5, 5.41) is 5.56. The number of carbonyl (C=O) groups excluding carboxylic acids is 2. The van der Waals surface area contributed by atoms with Crippen LogP contribution in [-0.4, -0.2) is 43.9 Å². The summed E-state index contributed by atoms with van der Waals surface area (Å²) in [7, 11) is 3.86. The number of hydrogen-bond acceptors (Lipinski definition) is 3. The molecule has 1 rings (SSSR count). The molecule has 0 saturated carbocycles. The first-order valence-corrected chi connectivity index (χ1v) is 7.53. The standard InChI is InChI=1S/C15H22BrN3O2/c1-15(2,13(20)17-9-10-19(3)4)14(21)18-12-8-6-5-7-11(12)16/h5-8H,9-10H2,1-4H3,(H,17,20)(H,18,21). The number of hydrogen-bond donors (Lipinski definition) is 2. The van der Waals surface area contributed by atoms with Crippen molar-refractivity contribution in [2.75, 3.05) is 32.5 Å². The molecule has 1 aromatic rings. The summed E-state index contributed by atoms with van der Waals surface area (Å²) >= 11 is 3.37. The Kier molecular flexibility index (Phi) is 6.36. The molecule has 0 heterocycles. The minimum absolute atomic E-state index is 0.283. The molecular formula is C15H22BrN3O2. The number of rotatable bonds is 6. The molecule has 0 bridgehead atoms. The zero-order chi connectivity index (χ0) is 16.0. The van der Waals surface area contributed by atoms with Crippen molar-refractivity contribution in [1.82, 2.24) is 10.2 Å². The Balaban J connectivity index is 2.66. The minimum atomic E-state index is -1.14. The summed E-state index contributed by atoms with van der Waals surface area (Å²) < 4.78 is 0.780. The number of carbonyl (C=O) groups is 2. The summed E-state index contributed by atoms with van der Waals surface area (Å²) in [6, 6.07) is 7.30. The van der Waals surface area contributed by atoms with Gasteiger partial charge in [0.1, 0.15) is 5.41 Å². The molecule has 0 radical (unpaired) electrons. The SMILES string of the molecule is CN(C)CCNC(=O)C(C)(C)C(=O)Nc1ccccc1Br. The van der Waals surface area contributed by atoms with Gasteiger partial charge in [0.15, 0.2) is 0 Å². The Labute approximate surface area is 134 Å². The van der Waals surface area contributed by atoms with E-state index in [1.165, 1.54) is 0 Å². The Morgan fingerprint density at radius 2 is 1.81 bits per heavy atom. The molecule has 21 heavy (non-hydrogen) atoms. The van der Waals surface area contributed by atoms with Crippen LogP contribution in [0.25, 0.3) is 0 Å². The molecule has 0 aliphatic rings. The van der Waals surface area contributed by atoms with Gasteiger partial charge in [-0.05, 0) is 56.0 Å². The summed E-state index contributed by atoms with van der Waals surface area (Å²) in [6.45, 7) is 4.47. The maximum atomic E-state index is 12.3. The van der Waals surface area contributed by atoms with Crippen molar-refractivity contribution in [2.45, 2.75) is 13.8 Å². The second-order valence-electron chi connectivity index (χ2n) is 5.62. The molecule has 5 nitrogen and oxygen atoms in total. The van der Waals surface area contributed by atoms with Crippen LogP contribution in [0, 0.1) is 5.41 Å². The first-order valence-electron chi connectivity index (χ1n) is 6.74. The molecule has 0 saturated heterocycles. The molecule has 0 aliphatic carbocycles. The first-order chi connectivity index (χ1) is 9.75. The van der Waals surface area contributed by atoms with E-state index >= 15 is 0 Å². The second kappa shape index (κ2) is 7.56. The van der Waals surface area contributed by atoms with Crippen LogP contribution in [0.3, 0.4) is 0 Å². The smallest absolute Gasteiger partial charge is 0.239 e. The van der Waals surface area contributed by atoms with Crippen LogP contribution in [0.1, 0.15) is 13.8 Å². The maximum Gasteiger partial charge on any atom is 0.239 e. The lowest BCUT2D eigenvalue weighted by Crippen LogP contribution is -2.46. The van der Waals surface area contributed by atoms with E-state index in [4.69, 9.17) is 0 Å². The third kappa shape index (κ3) is 5.13. The number of anilines is 1. The number of amides is 2. The minimum Gasteiger partial charge on any atom is -0.354 e. The number of nitrogens with zero attached hydrogens (tertiary/aromatic N) is 1. The van der Waals surface area contributed by atoms with Crippen molar-refractivity contribution in [3.8, 4) is 0 Å². The van der Waals surface area contributed by atoms with E-state index in [9.17, 15) is 9.59 Å². The van der Waals surface area contributed by atoms with Gasteiger partial charge in [-0.3, -0.25) is 9.59 Å². The number of halogens is 1. The van der Waals surface area contributed by atoms with Crippen LogP contribution in [0.5, 0.6) is 0 Å². The van der Waals surface area contributed by atoms with Crippen molar-refractivity contribution < 1.29 is 9.59 Å². The van der Waals surface area contributed by atoms with Crippen LogP contribution in [0.15, 0.2) is 28.7 Å². The number of nitrogens with one attached hydrogen (secondary N) is 2. The molecule has 1 aromatic carbocycles. The predicted octanol–water partition coefficient (Wildman–Crippen LogP) is 2.09. The molecule has 116 valence electrons. The van der Waals surface area contributed by atoms with E-state index < -0.39 is 5.41 Å². The van der Waals surface area contributed by atoms with Crippen molar-refractivity contribution in [3.05, 3.63) is 28.7 Å². The normalized spacial score (nSPS) is 11.3. The van der Waals surface area contributed by atoms with Gasteiger partial charge >= 0.3 is 0 Å². The highest BCUT2D eigenvalue weighted by atomic mass is 79.9. The lowest BCUT2D eigenvalue weighted by Gasteiger charge is -2.23. The topological polar surface area (TPSA) is 61.4 Å². The van der Waals surface area contributed by atoms with E-state index in [0.717, 1.165) is 11.0 Å². The van der Waals surface area contributed by atoms with E-state index in [0.29, 0.717) is 12.2 Å². The van der Waals surface area contributed by atoms with Gasteiger partial charge in [0.05, 0.1) is 5.69 Å². The Morgan fingerprint density at radius 1 is 1.19 bits per heavy atom. The Hall–Kier alpha value is -1.40. The molecule has 0 aromatic heterocycles. The molecule has 0 spiro atoms. The zero-order valence-corrected chi connectivity index (χ0v) is 14.5. The first kappa shape index (κ1) is 17.7. The highest BCUT2D eigenvalue weighted by molar-refractivity contribution is 9.10. The summed E-state index contributed by atoms with van der Waals surface area (Å²) in [5.74, 6) is -0.620. The lowest BCUT2D eigenvalue weighted by molar-refractivity contribution is -0.138. The lowest BCUT2D eigenvalue weighted by atomic mass is 9.91. The number of likely N-dealkylation sites (N-methyl/N-ethyl adjacent to an activating group) is 1. The molecule has 0 fully saturated rings. The quantitative estimate of drug-likeness (QED) is 0.768. The predicted molar refractivity (Wildman–Crippen MR) is 88.1 cm³/mol. The average Bonchev–Trinajstić information content (AvgIpc) is 2.40. The molecule has 0 unspecified atom stereocenters. The maximum absolute atomic E-state index is 12.3. The highest BCUT2D eigenvalue weighted by Crippen LogP contribution is 2.24. The van der Waals surface area contributed by atoms with Gasteiger partial charge in [-0.25, -0.2) is 0 Å². The number of benzene rings is 1. The molecule has 0 atom stereocenters. The van der Waals surface area contributed by atoms with Gasteiger partial charge in [-0.15, -0.1) is 0 Å². The Bertz CT molecular complexity index is 515. The summed E-state index contributed by atoms with van der Waals surface area (Å²) in [5.41, 5.74) is -0.488. The van der Waals surface area contributed by atoms with Crippen LogP contribution < -0.4 is 10.6 Å². The largest absolute Gasteiger partial charge is 0.354 e. The summed E-state index contributed by atoms with van der Waals surface area (Å²) in [6.07, 6.45) is 0. The van der Waals surface area contributed by atoms with Crippen molar-refractivity contribution >= 4 is 33.4 Å². The average molecular weight is 356 g/mol. The molecule has 0 aliphatic heterocycles. The van der Waals surface area contributed by atoms with E-state index in [2.05, 4.69) is 26.6 Å². The fraction of sp³-hybridized carbons (Fsp3) is 0.467. The van der Waals surface area contributed by atoms with Crippen LogP contribution >= 0.6 is 15.9 Å². The van der Waals surface area contributed by atoms with Gasteiger partial charge < -0.3 is 15.5 Å². The van der Waals surface area contributed by atoms with Crippen molar-refractivity contribution in [2.24, 2.45) is 5.41 Å². The third-order valence-corrected chi connectivity index (χ3v) is 3.79. The molecule has 2 N–H and O–H groups in total. The van der Waals surface area contributed by atoms with E-state index in [1.54, 1.807) is 19.9 Å². The third-order valence-electron chi connectivity index (χ3n) is 3.10. The van der Waals surface area contributed by atoms with Gasteiger partial charge in [-0.1, -0.05) is 12.1 Å². The molecule has 2 amide bonds. The van der Waals surface area contributed by atoms with Crippen molar-refractivity contribution in [3.63, 3.8) is 0 Å². The summed E-state index contributed by atoms with van der Waals surface area (Å²) in [4.78, 5) is 26.4. The second-order valence-corrected chi connectivity index (χ2v) is 6.47. The van der Waals surface area contributed by atoms with E-state index in [1.807, 2.05) is 37.2 Å². The fourth-order valence-electron chi connectivity index (χ4n) is 1.56. The van der Waals surface area contributed by atoms with Crippen LogP contribution in [-0.2, 0) is 9.59 Å². The van der Waals surface area contributed by atoms with Crippen molar-refractivity contribution in [1.29, 1.82) is 0 Å². The monoisotopic (exact) mass is 355 g/mol. The highest BCUT2D eigenvalue weighted by Gasteiger charge is 2.36. The van der Waals surface area contributed by atoms with Crippen LogP contribution in [0.4, 0.5) is 5.69 Å². The molecular weight excluding hydrogens is 334 g/mol. The fourth-order valence-corrected chi connectivity index (χ4v) is 1.94. The van der Waals surface area contributed by atoms with Gasteiger partial charge in [0.25, 0.3) is 0 Å². The van der Waals surface area contributed by atoms with E-state index in [-0.39, 0.29) is 11.8 Å². The van der Waals surface area contributed by atoms with Crippen LogP contribution in [0.2, 0.25) is 0 Å². The Morgan fingerprint density at radius 3 is 2.38 bits per heavy atom. The van der Waals surface area contributed by atoms with Gasteiger partial charge in [-0.2, -0.15) is 0 Å². The number of para-hydroxylation sites is 1. The van der Waals surface area contributed by atoms with Gasteiger partial charge in [0, 0.05) is 17.6 Å². The molecule has 6 heteroatoms. The zero-order valence-electron chi connectivity index (χ0n) is 12.9.